The molecule has 1 aromatic rings. The van der Waals surface area contributed by atoms with Crippen LogP contribution in [0, 0.1) is 0 Å². The fourth-order valence-electron chi connectivity index (χ4n) is 2.41. The summed E-state index contributed by atoms with van der Waals surface area (Å²) < 4.78 is 5.19. The van der Waals surface area contributed by atoms with Crippen LogP contribution in [-0.2, 0) is 0 Å². The van der Waals surface area contributed by atoms with Gasteiger partial charge in [-0.2, -0.15) is 0 Å². The quantitative estimate of drug-likeness (QED) is 0.912. The summed E-state index contributed by atoms with van der Waals surface area (Å²) in [6.45, 7) is 6.65. The number of hydrogen-bond donors (Lipinski definition) is 1. The summed E-state index contributed by atoms with van der Waals surface area (Å²) in [6.07, 6.45) is 1.20. The second-order valence-corrected chi connectivity index (χ2v) is 5.12. The van der Waals surface area contributed by atoms with Gasteiger partial charge in [0.25, 0.3) is 0 Å². The van der Waals surface area contributed by atoms with Crippen molar-refractivity contribution in [3.8, 4) is 5.75 Å². The van der Waals surface area contributed by atoms with Gasteiger partial charge in [0.2, 0.25) is 0 Å². The van der Waals surface area contributed by atoms with Gasteiger partial charge < -0.3 is 10.1 Å². The Bertz CT molecular complexity index is 389. The molecule has 18 heavy (non-hydrogen) atoms. The second kappa shape index (κ2) is 6.41. The third-order valence-corrected chi connectivity index (χ3v) is 3.88. The van der Waals surface area contributed by atoms with Crippen molar-refractivity contribution in [2.45, 2.75) is 19.4 Å². The molecule has 1 unspecified atom stereocenters. The molecule has 1 aliphatic rings. The van der Waals surface area contributed by atoms with Gasteiger partial charge in [-0.1, -0.05) is 17.7 Å². The molecule has 1 heterocycles. The first kappa shape index (κ1) is 13.7. The van der Waals surface area contributed by atoms with Crippen molar-refractivity contribution in [3.63, 3.8) is 0 Å². The van der Waals surface area contributed by atoms with Gasteiger partial charge in [-0.25, -0.2) is 0 Å². The van der Waals surface area contributed by atoms with Crippen LogP contribution in [0.15, 0.2) is 18.2 Å². The zero-order chi connectivity index (χ0) is 13.0. The third kappa shape index (κ3) is 3.16. The van der Waals surface area contributed by atoms with Crippen LogP contribution in [0.2, 0.25) is 5.02 Å². The minimum absolute atomic E-state index is 0.397. The van der Waals surface area contributed by atoms with Crippen LogP contribution in [-0.4, -0.2) is 38.2 Å². The summed E-state index contributed by atoms with van der Waals surface area (Å²) in [5, 5.41) is 4.12. The minimum Gasteiger partial charge on any atom is -0.495 e. The molecule has 100 valence electrons. The van der Waals surface area contributed by atoms with E-state index in [9.17, 15) is 0 Å². The van der Waals surface area contributed by atoms with Gasteiger partial charge in [0, 0.05) is 19.1 Å². The van der Waals surface area contributed by atoms with Gasteiger partial charge >= 0.3 is 0 Å². The molecule has 0 spiro atoms. The van der Waals surface area contributed by atoms with E-state index in [1.54, 1.807) is 7.11 Å². The van der Waals surface area contributed by atoms with E-state index in [2.05, 4.69) is 23.2 Å². The zero-order valence-corrected chi connectivity index (χ0v) is 11.8. The maximum Gasteiger partial charge on any atom is 0.137 e. The van der Waals surface area contributed by atoms with Gasteiger partial charge in [0.05, 0.1) is 12.1 Å². The molecule has 1 aliphatic heterocycles. The Morgan fingerprint density at radius 1 is 1.33 bits per heavy atom. The van der Waals surface area contributed by atoms with E-state index in [0.717, 1.165) is 31.9 Å². The van der Waals surface area contributed by atoms with Gasteiger partial charge in [-0.15, -0.1) is 0 Å². The number of benzene rings is 1. The van der Waals surface area contributed by atoms with E-state index in [0.29, 0.717) is 11.1 Å². The largest absolute Gasteiger partial charge is 0.495 e. The fourth-order valence-corrected chi connectivity index (χ4v) is 2.67. The molecular weight excluding hydrogens is 248 g/mol. The van der Waals surface area contributed by atoms with Crippen LogP contribution in [0.4, 0.5) is 0 Å². The second-order valence-electron chi connectivity index (χ2n) is 4.71. The van der Waals surface area contributed by atoms with Crippen LogP contribution in [0.3, 0.4) is 0 Å². The Morgan fingerprint density at radius 2 is 2.17 bits per heavy atom. The average Bonchev–Trinajstić information content (AvgIpc) is 2.66. The predicted molar refractivity (Wildman–Crippen MR) is 75.5 cm³/mol. The van der Waals surface area contributed by atoms with Crippen molar-refractivity contribution in [2.24, 2.45) is 0 Å². The SMILES string of the molecule is COc1ccc(C(C)N2CCCNCC2)cc1Cl. The normalized spacial score (nSPS) is 19.3. The van der Waals surface area contributed by atoms with E-state index < -0.39 is 0 Å². The molecule has 0 amide bonds. The van der Waals surface area contributed by atoms with Gasteiger partial charge in [-0.3, -0.25) is 4.90 Å². The summed E-state index contributed by atoms with van der Waals surface area (Å²) in [4.78, 5) is 2.50. The van der Waals surface area contributed by atoms with Gasteiger partial charge in [-0.05, 0) is 44.1 Å². The predicted octanol–water partition coefficient (Wildman–Crippen LogP) is 2.70. The van der Waals surface area contributed by atoms with Crippen molar-refractivity contribution < 1.29 is 4.74 Å². The lowest BCUT2D eigenvalue weighted by molar-refractivity contribution is 0.225. The van der Waals surface area contributed by atoms with E-state index in [4.69, 9.17) is 16.3 Å². The number of ether oxygens (including phenoxy) is 1. The Hall–Kier alpha value is -0.770. The van der Waals surface area contributed by atoms with Crippen molar-refractivity contribution in [1.29, 1.82) is 0 Å². The van der Waals surface area contributed by atoms with E-state index in [-0.39, 0.29) is 0 Å². The molecule has 3 nitrogen and oxygen atoms in total. The molecule has 1 fully saturated rings. The lowest BCUT2D eigenvalue weighted by Crippen LogP contribution is -2.30. The highest BCUT2D eigenvalue weighted by atomic mass is 35.5. The molecule has 0 aromatic heterocycles. The van der Waals surface area contributed by atoms with E-state index in [1.807, 2.05) is 12.1 Å². The summed E-state index contributed by atoms with van der Waals surface area (Å²) >= 11 is 6.19. The summed E-state index contributed by atoms with van der Waals surface area (Å²) in [5.74, 6) is 0.741. The molecule has 4 heteroatoms. The van der Waals surface area contributed by atoms with Crippen LogP contribution >= 0.6 is 11.6 Å². The topological polar surface area (TPSA) is 24.5 Å². The van der Waals surface area contributed by atoms with Gasteiger partial charge in [0.1, 0.15) is 5.75 Å². The molecule has 0 radical (unpaired) electrons. The van der Waals surface area contributed by atoms with E-state index in [1.165, 1.54) is 12.0 Å². The lowest BCUT2D eigenvalue weighted by atomic mass is 10.1. The number of rotatable bonds is 3. The number of nitrogens with one attached hydrogen (secondary N) is 1. The van der Waals surface area contributed by atoms with E-state index >= 15 is 0 Å². The highest BCUT2D eigenvalue weighted by Crippen LogP contribution is 2.29. The standard InChI is InChI=1S/C14H21ClN2O/c1-11(17-8-3-6-16-7-9-17)12-4-5-14(18-2)13(15)10-12/h4-5,10-11,16H,3,6-9H2,1-2H3. The summed E-state index contributed by atoms with van der Waals surface area (Å²) in [6, 6.07) is 6.47. The Kier molecular flexibility index (Phi) is 4.87. The number of nitrogens with zero attached hydrogens (tertiary/aromatic N) is 1. The minimum atomic E-state index is 0.397. The highest BCUT2D eigenvalue weighted by molar-refractivity contribution is 6.32. The van der Waals surface area contributed by atoms with Crippen LogP contribution in [0.1, 0.15) is 24.9 Å². The molecule has 0 aliphatic carbocycles. The number of methoxy groups -OCH3 is 1. The zero-order valence-electron chi connectivity index (χ0n) is 11.1. The number of hydrogen-bond acceptors (Lipinski definition) is 3. The summed E-state index contributed by atoms with van der Waals surface area (Å²) in [5.41, 5.74) is 1.25. The third-order valence-electron chi connectivity index (χ3n) is 3.58. The smallest absolute Gasteiger partial charge is 0.137 e. The molecule has 0 saturated carbocycles. The first-order valence-electron chi connectivity index (χ1n) is 6.50. The number of halogens is 1. The molecule has 1 saturated heterocycles. The highest BCUT2D eigenvalue weighted by Gasteiger charge is 2.17. The lowest BCUT2D eigenvalue weighted by Gasteiger charge is -2.27. The van der Waals surface area contributed by atoms with Crippen molar-refractivity contribution >= 4 is 11.6 Å². The molecular formula is C14H21ClN2O. The van der Waals surface area contributed by atoms with Crippen molar-refractivity contribution in [3.05, 3.63) is 28.8 Å². The van der Waals surface area contributed by atoms with Crippen molar-refractivity contribution in [1.82, 2.24) is 10.2 Å². The first-order valence-corrected chi connectivity index (χ1v) is 6.88. The maximum atomic E-state index is 6.19. The van der Waals surface area contributed by atoms with Crippen LogP contribution in [0.25, 0.3) is 0 Å². The average molecular weight is 269 g/mol. The fraction of sp³-hybridized carbons (Fsp3) is 0.571. The van der Waals surface area contributed by atoms with Gasteiger partial charge in [0.15, 0.2) is 0 Å². The molecule has 0 bridgehead atoms. The van der Waals surface area contributed by atoms with Crippen LogP contribution < -0.4 is 10.1 Å². The van der Waals surface area contributed by atoms with Crippen LogP contribution in [0.5, 0.6) is 5.75 Å². The Balaban J connectivity index is 2.11. The maximum absolute atomic E-state index is 6.19. The monoisotopic (exact) mass is 268 g/mol. The molecule has 1 atom stereocenters. The van der Waals surface area contributed by atoms with Crippen molar-refractivity contribution in [2.75, 3.05) is 33.3 Å². The summed E-state index contributed by atoms with van der Waals surface area (Å²) in [7, 11) is 1.64. The molecule has 2 rings (SSSR count). The molecule has 1 aromatic carbocycles. The Labute approximate surface area is 114 Å². The molecule has 1 N–H and O–H groups in total. The Morgan fingerprint density at radius 3 is 2.89 bits per heavy atom. The first-order chi connectivity index (χ1) is 8.72.